The Morgan fingerprint density at radius 1 is 1.35 bits per heavy atom. The minimum absolute atomic E-state index is 0.0905. The molecular weight excluding hydrogens is 246 g/mol. The number of rotatable bonds is 4. The molecule has 0 aliphatic heterocycles. The van der Waals surface area contributed by atoms with Crippen LogP contribution in [0.3, 0.4) is 0 Å². The van der Waals surface area contributed by atoms with Gasteiger partial charge < -0.3 is 9.47 Å². The molecule has 1 rings (SSSR count). The van der Waals surface area contributed by atoms with Gasteiger partial charge in [0, 0.05) is 7.11 Å². The number of carbonyl (C=O) groups excluding carboxylic acids is 1. The molecule has 0 aliphatic carbocycles. The topological polar surface area (TPSA) is 95.7 Å². The first-order valence-corrected chi connectivity index (χ1v) is 6.17. The summed E-state index contributed by atoms with van der Waals surface area (Å²) in [5.74, 6) is -0.626. The summed E-state index contributed by atoms with van der Waals surface area (Å²) in [5.41, 5.74) is 0.513. The van der Waals surface area contributed by atoms with Crippen molar-refractivity contribution in [3.05, 3.63) is 29.3 Å². The van der Waals surface area contributed by atoms with Gasteiger partial charge in [0.25, 0.3) is 0 Å². The van der Waals surface area contributed by atoms with E-state index in [4.69, 9.17) is 9.88 Å². The Bertz CT molecular complexity index is 523. The summed E-state index contributed by atoms with van der Waals surface area (Å²) in [6.07, 6.45) is 0. The highest BCUT2D eigenvalue weighted by Crippen LogP contribution is 2.18. The van der Waals surface area contributed by atoms with Crippen LogP contribution in [0.4, 0.5) is 0 Å². The predicted octanol–water partition coefficient (Wildman–Crippen LogP) is 0.267. The van der Waals surface area contributed by atoms with Crippen molar-refractivity contribution in [2.45, 2.75) is 11.5 Å². The number of methoxy groups -OCH3 is 2. The van der Waals surface area contributed by atoms with Crippen LogP contribution in [-0.4, -0.2) is 28.6 Å². The number of ether oxygens (including phenoxy) is 2. The van der Waals surface area contributed by atoms with Gasteiger partial charge in [-0.15, -0.1) is 0 Å². The monoisotopic (exact) mass is 259 g/mol. The standard InChI is InChI=1S/C10H13NO5S/c1-15-6-8-4-3-7(10(12)16-2)5-9(8)17(11,13)14/h3-5H,6H2,1-2H3,(H2,11,13,14). The first kappa shape index (κ1) is 13.6. The lowest BCUT2D eigenvalue weighted by Crippen LogP contribution is -2.16. The minimum Gasteiger partial charge on any atom is -0.465 e. The third kappa shape index (κ3) is 3.26. The molecule has 0 unspecified atom stereocenters. The molecule has 0 saturated heterocycles. The first-order chi connectivity index (χ1) is 7.90. The van der Waals surface area contributed by atoms with Crippen molar-refractivity contribution in [2.75, 3.05) is 14.2 Å². The van der Waals surface area contributed by atoms with E-state index in [1.807, 2.05) is 0 Å². The largest absolute Gasteiger partial charge is 0.465 e. The number of hydrogen-bond acceptors (Lipinski definition) is 5. The van der Waals surface area contributed by atoms with E-state index in [9.17, 15) is 13.2 Å². The van der Waals surface area contributed by atoms with Crippen LogP contribution >= 0.6 is 0 Å². The Morgan fingerprint density at radius 3 is 2.47 bits per heavy atom. The second-order valence-corrected chi connectivity index (χ2v) is 4.82. The second kappa shape index (κ2) is 5.26. The zero-order chi connectivity index (χ0) is 13.1. The van der Waals surface area contributed by atoms with Crippen LogP contribution in [0, 0.1) is 0 Å². The van der Waals surface area contributed by atoms with Crippen LogP contribution < -0.4 is 5.14 Å². The summed E-state index contributed by atoms with van der Waals surface area (Å²) in [5, 5.41) is 5.06. The van der Waals surface area contributed by atoms with Gasteiger partial charge in [-0.05, 0) is 17.7 Å². The number of benzene rings is 1. The zero-order valence-electron chi connectivity index (χ0n) is 9.47. The Kier molecular flexibility index (Phi) is 4.22. The third-order valence-corrected chi connectivity index (χ3v) is 3.09. The molecule has 0 saturated carbocycles. The highest BCUT2D eigenvalue weighted by molar-refractivity contribution is 7.89. The molecule has 1 aromatic carbocycles. The molecule has 0 aliphatic rings. The third-order valence-electron chi connectivity index (χ3n) is 2.09. The zero-order valence-corrected chi connectivity index (χ0v) is 10.3. The molecule has 0 spiro atoms. The SMILES string of the molecule is COCc1ccc(C(=O)OC)cc1S(N)(=O)=O. The molecule has 94 valence electrons. The molecule has 0 heterocycles. The van der Waals surface area contributed by atoms with Crippen molar-refractivity contribution >= 4 is 16.0 Å². The fraction of sp³-hybridized carbons (Fsp3) is 0.300. The van der Waals surface area contributed by atoms with E-state index >= 15 is 0 Å². The second-order valence-electron chi connectivity index (χ2n) is 3.29. The average Bonchev–Trinajstić information content (AvgIpc) is 2.27. The highest BCUT2D eigenvalue weighted by Gasteiger charge is 2.17. The van der Waals surface area contributed by atoms with E-state index in [2.05, 4.69) is 4.74 Å². The van der Waals surface area contributed by atoms with Crippen LogP contribution in [0.25, 0.3) is 0 Å². The normalized spacial score (nSPS) is 11.2. The molecule has 0 aromatic heterocycles. The molecule has 0 amide bonds. The molecule has 7 heteroatoms. The van der Waals surface area contributed by atoms with Crippen LogP contribution in [0.2, 0.25) is 0 Å². The summed E-state index contributed by atoms with van der Waals surface area (Å²) in [7, 11) is -1.27. The number of hydrogen-bond donors (Lipinski definition) is 1. The summed E-state index contributed by atoms with van der Waals surface area (Å²) < 4.78 is 32.1. The molecule has 17 heavy (non-hydrogen) atoms. The van der Waals surface area contributed by atoms with Crippen molar-refractivity contribution in [3.8, 4) is 0 Å². The van der Waals surface area contributed by atoms with E-state index < -0.39 is 16.0 Å². The first-order valence-electron chi connectivity index (χ1n) is 4.63. The minimum atomic E-state index is -3.91. The average molecular weight is 259 g/mol. The molecule has 2 N–H and O–H groups in total. The van der Waals surface area contributed by atoms with Crippen molar-refractivity contribution in [1.29, 1.82) is 0 Å². The van der Waals surface area contributed by atoms with Gasteiger partial charge in [0.2, 0.25) is 10.0 Å². The van der Waals surface area contributed by atoms with E-state index in [1.165, 1.54) is 32.4 Å². The van der Waals surface area contributed by atoms with Crippen molar-refractivity contribution in [3.63, 3.8) is 0 Å². The van der Waals surface area contributed by atoms with Crippen LogP contribution in [-0.2, 0) is 26.1 Å². The number of sulfonamides is 1. The lowest BCUT2D eigenvalue weighted by molar-refractivity contribution is 0.0600. The van der Waals surface area contributed by atoms with Crippen LogP contribution in [0.15, 0.2) is 23.1 Å². The number of esters is 1. The van der Waals surface area contributed by atoms with Crippen molar-refractivity contribution < 1.29 is 22.7 Å². The smallest absolute Gasteiger partial charge is 0.337 e. The summed E-state index contributed by atoms with van der Waals surface area (Å²) in [6.45, 7) is 0.0905. The van der Waals surface area contributed by atoms with Crippen LogP contribution in [0.5, 0.6) is 0 Å². The Morgan fingerprint density at radius 2 is 2.00 bits per heavy atom. The predicted molar refractivity (Wildman–Crippen MR) is 59.9 cm³/mol. The van der Waals surface area contributed by atoms with Gasteiger partial charge >= 0.3 is 5.97 Å². The van der Waals surface area contributed by atoms with Crippen molar-refractivity contribution in [1.82, 2.24) is 0 Å². The molecule has 0 bridgehead atoms. The van der Waals surface area contributed by atoms with Gasteiger partial charge in [0.05, 0.1) is 24.2 Å². The van der Waals surface area contributed by atoms with Gasteiger partial charge in [-0.3, -0.25) is 0 Å². The Hall–Kier alpha value is -1.44. The van der Waals surface area contributed by atoms with Gasteiger partial charge in [-0.25, -0.2) is 18.4 Å². The Balaban J connectivity index is 3.34. The summed E-state index contributed by atoms with van der Waals surface area (Å²) >= 11 is 0. The number of carbonyl (C=O) groups is 1. The summed E-state index contributed by atoms with van der Waals surface area (Å²) in [6, 6.07) is 4.10. The fourth-order valence-corrected chi connectivity index (χ4v) is 2.12. The van der Waals surface area contributed by atoms with E-state index in [-0.39, 0.29) is 17.1 Å². The summed E-state index contributed by atoms with van der Waals surface area (Å²) in [4.78, 5) is 11.1. The fourth-order valence-electron chi connectivity index (χ4n) is 1.34. The number of nitrogens with two attached hydrogens (primary N) is 1. The molecule has 6 nitrogen and oxygen atoms in total. The van der Waals surface area contributed by atoms with E-state index in [0.717, 1.165) is 0 Å². The molecule has 0 radical (unpaired) electrons. The quantitative estimate of drug-likeness (QED) is 0.783. The Labute approximate surface area is 99.4 Å². The lowest BCUT2D eigenvalue weighted by Gasteiger charge is -2.08. The maximum Gasteiger partial charge on any atom is 0.337 e. The van der Waals surface area contributed by atoms with Crippen LogP contribution in [0.1, 0.15) is 15.9 Å². The maximum absolute atomic E-state index is 11.4. The van der Waals surface area contributed by atoms with E-state index in [1.54, 1.807) is 0 Å². The van der Waals surface area contributed by atoms with E-state index in [0.29, 0.717) is 5.56 Å². The molecule has 1 aromatic rings. The van der Waals surface area contributed by atoms with Gasteiger partial charge in [-0.1, -0.05) is 6.07 Å². The van der Waals surface area contributed by atoms with Gasteiger partial charge in [0.1, 0.15) is 0 Å². The molecule has 0 atom stereocenters. The van der Waals surface area contributed by atoms with Gasteiger partial charge in [0.15, 0.2) is 0 Å². The molecule has 0 fully saturated rings. The lowest BCUT2D eigenvalue weighted by atomic mass is 10.1. The number of primary sulfonamides is 1. The van der Waals surface area contributed by atoms with Gasteiger partial charge in [-0.2, -0.15) is 0 Å². The highest BCUT2D eigenvalue weighted by atomic mass is 32.2. The van der Waals surface area contributed by atoms with Crippen molar-refractivity contribution in [2.24, 2.45) is 5.14 Å². The maximum atomic E-state index is 11.4. The molecular formula is C10H13NO5S.